The van der Waals surface area contributed by atoms with Crippen LogP contribution in [0.2, 0.25) is 0 Å². The van der Waals surface area contributed by atoms with Crippen LogP contribution in [0.25, 0.3) is 21.7 Å². The fourth-order valence-corrected chi connectivity index (χ4v) is 3.12. The van der Waals surface area contributed by atoms with E-state index in [0.717, 1.165) is 10.8 Å². The Bertz CT molecular complexity index is 1230. The number of benzene rings is 3. The summed E-state index contributed by atoms with van der Waals surface area (Å²) in [7, 11) is 1.53. The Morgan fingerprint density at radius 1 is 0.929 bits per heavy atom. The molecule has 0 radical (unpaired) electrons. The minimum atomic E-state index is -1.17. The van der Waals surface area contributed by atoms with E-state index >= 15 is 0 Å². The summed E-state index contributed by atoms with van der Waals surface area (Å²) >= 11 is 0. The van der Waals surface area contributed by atoms with Gasteiger partial charge in [-0.2, -0.15) is 0 Å². The molecule has 28 heavy (non-hydrogen) atoms. The molecule has 0 saturated carbocycles. The van der Waals surface area contributed by atoms with E-state index < -0.39 is 17.7 Å². The van der Waals surface area contributed by atoms with Crippen molar-refractivity contribution < 1.29 is 23.8 Å². The first-order valence-electron chi connectivity index (χ1n) is 8.56. The Kier molecular flexibility index (Phi) is 4.45. The molecule has 0 fully saturated rings. The zero-order chi connectivity index (χ0) is 19.7. The first-order chi connectivity index (χ1) is 13.6. The van der Waals surface area contributed by atoms with E-state index in [0.29, 0.717) is 28.0 Å². The Balaban J connectivity index is 1.78. The van der Waals surface area contributed by atoms with Crippen molar-refractivity contribution in [2.45, 2.75) is 6.10 Å². The van der Waals surface area contributed by atoms with Gasteiger partial charge in [0.25, 0.3) is 0 Å². The highest BCUT2D eigenvalue weighted by Crippen LogP contribution is 2.30. The van der Waals surface area contributed by atoms with Crippen molar-refractivity contribution in [1.29, 1.82) is 0 Å². The van der Waals surface area contributed by atoms with Crippen molar-refractivity contribution in [3.8, 4) is 11.5 Å². The highest BCUT2D eigenvalue weighted by molar-refractivity contribution is 6.04. The number of hydrogen-bond acceptors (Lipinski definition) is 5. The highest BCUT2D eigenvalue weighted by Gasteiger charge is 2.22. The molecular weight excluding hydrogens is 360 g/mol. The molecule has 1 aromatic heterocycles. The maximum absolute atomic E-state index is 12.4. The smallest absolute Gasteiger partial charge is 0.349 e. The molecule has 4 rings (SSSR count). The number of rotatable bonds is 5. The van der Waals surface area contributed by atoms with Crippen molar-refractivity contribution in [2.75, 3.05) is 7.11 Å². The van der Waals surface area contributed by atoms with E-state index in [1.807, 2.05) is 0 Å². The average molecular weight is 376 g/mol. The highest BCUT2D eigenvalue weighted by atomic mass is 16.5. The number of carboxylic acid groups (broad SMARTS) is 1. The second-order valence-electron chi connectivity index (χ2n) is 6.21. The normalized spacial score (nSPS) is 12.0. The van der Waals surface area contributed by atoms with E-state index in [-0.39, 0.29) is 0 Å². The Morgan fingerprint density at radius 3 is 2.36 bits per heavy atom. The lowest BCUT2D eigenvalue weighted by atomic mass is 10.1. The number of ether oxygens (including phenoxy) is 2. The molecule has 0 aliphatic carbocycles. The number of fused-ring (bicyclic) bond motifs is 3. The van der Waals surface area contributed by atoms with Gasteiger partial charge in [0, 0.05) is 22.4 Å². The third kappa shape index (κ3) is 3.16. The zero-order valence-corrected chi connectivity index (χ0v) is 14.9. The Hall–Kier alpha value is -3.80. The minimum Gasteiger partial charge on any atom is -0.497 e. The van der Waals surface area contributed by atoms with Crippen LogP contribution in [0.15, 0.2) is 75.9 Å². The van der Waals surface area contributed by atoms with Gasteiger partial charge in [0.2, 0.25) is 6.10 Å². The van der Waals surface area contributed by atoms with E-state index in [1.165, 1.54) is 13.2 Å². The summed E-state index contributed by atoms with van der Waals surface area (Å²) in [6, 6.07) is 18.8. The molecule has 0 saturated heterocycles. The molecule has 1 heterocycles. The molecule has 1 atom stereocenters. The summed E-state index contributed by atoms with van der Waals surface area (Å²) < 4.78 is 16.3. The monoisotopic (exact) mass is 376 g/mol. The van der Waals surface area contributed by atoms with Crippen LogP contribution in [0.4, 0.5) is 0 Å². The fraction of sp³-hybridized carbons (Fsp3) is 0.0909. The third-order valence-corrected chi connectivity index (χ3v) is 4.47. The number of methoxy groups -OCH3 is 1. The minimum absolute atomic E-state index is 0.291. The third-order valence-electron chi connectivity index (χ3n) is 4.47. The number of carboxylic acids is 1. The van der Waals surface area contributed by atoms with Gasteiger partial charge in [0.15, 0.2) is 0 Å². The van der Waals surface area contributed by atoms with E-state index in [9.17, 15) is 14.7 Å². The molecule has 140 valence electrons. The molecule has 0 aliphatic rings. The standard InChI is InChI=1S/C22H16O6/c1-26-14-7-9-16-17-10-8-15(12-19(17)28-22(25)18(16)11-14)27-20(21(23)24)13-5-3-2-4-6-13/h2-12,20H,1H3,(H,23,24)/t20-/m1/s1. The van der Waals surface area contributed by atoms with Gasteiger partial charge in [-0.25, -0.2) is 9.59 Å². The Morgan fingerprint density at radius 2 is 1.64 bits per heavy atom. The fourth-order valence-electron chi connectivity index (χ4n) is 3.12. The van der Waals surface area contributed by atoms with Crippen LogP contribution < -0.4 is 15.1 Å². The first-order valence-corrected chi connectivity index (χ1v) is 8.56. The van der Waals surface area contributed by atoms with Gasteiger partial charge in [-0.1, -0.05) is 30.3 Å². The summed E-state index contributed by atoms with van der Waals surface area (Å²) in [5, 5.41) is 11.4. The van der Waals surface area contributed by atoms with Crippen LogP contribution >= 0.6 is 0 Å². The van der Waals surface area contributed by atoms with Crippen LogP contribution in [0, 0.1) is 0 Å². The number of hydrogen-bond donors (Lipinski definition) is 1. The van der Waals surface area contributed by atoms with Gasteiger partial charge in [0.05, 0.1) is 12.5 Å². The van der Waals surface area contributed by atoms with Crippen molar-refractivity contribution in [3.05, 3.63) is 82.7 Å². The van der Waals surface area contributed by atoms with Crippen molar-refractivity contribution in [3.63, 3.8) is 0 Å². The maximum atomic E-state index is 12.4. The predicted octanol–water partition coefficient (Wildman–Crippen LogP) is 4.16. The summed E-state index contributed by atoms with van der Waals surface area (Å²) in [6.07, 6.45) is -1.17. The lowest BCUT2D eigenvalue weighted by molar-refractivity contribution is -0.145. The molecule has 3 aromatic carbocycles. The first kappa shape index (κ1) is 17.6. The van der Waals surface area contributed by atoms with Crippen molar-refractivity contribution >= 4 is 27.7 Å². The Labute approximate surface area is 159 Å². The topological polar surface area (TPSA) is 86.0 Å². The van der Waals surface area contributed by atoms with Crippen LogP contribution in [-0.4, -0.2) is 18.2 Å². The largest absolute Gasteiger partial charge is 0.497 e. The van der Waals surface area contributed by atoms with Crippen LogP contribution in [0.5, 0.6) is 11.5 Å². The van der Waals surface area contributed by atoms with Crippen molar-refractivity contribution in [1.82, 2.24) is 0 Å². The predicted molar refractivity (Wildman–Crippen MR) is 104 cm³/mol. The molecule has 0 amide bonds. The molecule has 6 heteroatoms. The average Bonchev–Trinajstić information content (AvgIpc) is 2.72. The zero-order valence-electron chi connectivity index (χ0n) is 14.9. The number of carbonyl (C=O) groups is 1. The van der Waals surface area contributed by atoms with E-state index in [2.05, 4.69) is 0 Å². The van der Waals surface area contributed by atoms with E-state index in [1.54, 1.807) is 60.7 Å². The van der Waals surface area contributed by atoms with Gasteiger partial charge in [-0.15, -0.1) is 0 Å². The van der Waals surface area contributed by atoms with Crippen molar-refractivity contribution in [2.24, 2.45) is 0 Å². The van der Waals surface area contributed by atoms with Gasteiger partial charge in [-0.3, -0.25) is 0 Å². The molecule has 1 N–H and O–H groups in total. The summed E-state index contributed by atoms with van der Waals surface area (Å²) in [6.45, 7) is 0. The molecule has 4 aromatic rings. The number of aliphatic carboxylic acids is 1. The lowest BCUT2D eigenvalue weighted by Crippen LogP contribution is -2.18. The van der Waals surface area contributed by atoms with Crippen LogP contribution in [0.1, 0.15) is 11.7 Å². The second-order valence-corrected chi connectivity index (χ2v) is 6.21. The molecule has 0 bridgehead atoms. The molecule has 0 aliphatic heterocycles. The van der Waals surface area contributed by atoms with Crippen LogP contribution in [-0.2, 0) is 4.79 Å². The lowest BCUT2D eigenvalue weighted by Gasteiger charge is -2.16. The SMILES string of the molecule is COc1ccc2c(c1)c(=O)oc1cc(O[C@@H](C(=O)O)c3ccccc3)ccc12. The van der Waals surface area contributed by atoms with Gasteiger partial charge in [-0.05, 0) is 30.3 Å². The summed E-state index contributed by atoms with van der Waals surface area (Å²) in [5.41, 5.74) is 0.330. The van der Waals surface area contributed by atoms with Gasteiger partial charge >= 0.3 is 11.6 Å². The quantitative estimate of drug-likeness (QED) is 0.416. The molecule has 6 nitrogen and oxygen atoms in total. The molecular formula is C22H16O6. The summed E-state index contributed by atoms with van der Waals surface area (Å²) in [5.74, 6) is -0.260. The molecule has 0 spiro atoms. The second kappa shape index (κ2) is 7.08. The van der Waals surface area contributed by atoms with Gasteiger partial charge < -0.3 is 19.0 Å². The maximum Gasteiger partial charge on any atom is 0.349 e. The van der Waals surface area contributed by atoms with Gasteiger partial charge in [0.1, 0.15) is 17.1 Å². The summed E-state index contributed by atoms with van der Waals surface area (Å²) in [4.78, 5) is 24.0. The van der Waals surface area contributed by atoms with E-state index in [4.69, 9.17) is 13.9 Å². The molecule has 0 unspecified atom stereocenters. The van der Waals surface area contributed by atoms with Crippen LogP contribution in [0.3, 0.4) is 0 Å².